The van der Waals surface area contributed by atoms with Crippen molar-refractivity contribution in [2.75, 3.05) is 6.54 Å². The van der Waals surface area contributed by atoms with E-state index in [0.717, 1.165) is 12.8 Å². The Bertz CT molecular complexity index is 572. The second-order valence-corrected chi connectivity index (χ2v) is 6.10. The molecular weight excluding hydrogens is 299 g/mol. The number of amides is 2. The molecule has 1 heterocycles. The molecule has 106 valence electrons. The maximum atomic E-state index is 12.1. The van der Waals surface area contributed by atoms with E-state index >= 15 is 0 Å². The van der Waals surface area contributed by atoms with Gasteiger partial charge in [-0.3, -0.25) is 9.59 Å². The molecule has 3 rings (SSSR count). The van der Waals surface area contributed by atoms with Gasteiger partial charge in [-0.1, -0.05) is 23.2 Å². The average Bonchev–Trinajstić information content (AvgIpc) is 3.17. The van der Waals surface area contributed by atoms with Gasteiger partial charge in [-0.15, -0.1) is 0 Å². The molecule has 1 aromatic rings. The molecule has 4 nitrogen and oxygen atoms in total. The van der Waals surface area contributed by atoms with E-state index < -0.39 is 0 Å². The van der Waals surface area contributed by atoms with Crippen LogP contribution in [0.4, 0.5) is 0 Å². The zero-order chi connectivity index (χ0) is 14.3. The van der Waals surface area contributed by atoms with Crippen molar-refractivity contribution in [2.45, 2.75) is 31.3 Å². The summed E-state index contributed by atoms with van der Waals surface area (Å²) in [7, 11) is 0. The van der Waals surface area contributed by atoms with Crippen molar-refractivity contribution < 1.29 is 9.59 Å². The molecule has 1 saturated carbocycles. The molecular formula is C14H14Cl2N2O2. The number of nitrogens with one attached hydrogen (secondary N) is 1. The Morgan fingerprint density at radius 1 is 1.25 bits per heavy atom. The van der Waals surface area contributed by atoms with Crippen LogP contribution in [0.1, 0.15) is 29.6 Å². The summed E-state index contributed by atoms with van der Waals surface area (Å²) in [5.74, 6) is -0.0917. The third-order valence-electron chi connectivity index (χ3n) is 3.66. The molecule has 1 atom stereocenters. The van der Waals surface area contributed by atoms with E-state index in [9.17, 15) is 9.59 Å². The van der Waals surface area contributed by atoms with Crippen molar-refractivity contribution in [3.63, 3.8) is 0 Å². The lowest BCUT2D eigenvalue weighted by Crippen LogP contribution is -2.37. The predicted molar refractivity (Wildman–Crippen MR) is 77.1 cm³/mol. The highest BCUT2D eigenvalue weighted by molar-refractivity contribution is 6.42. The zero-order valence-corrected chi connectivity index (χ0v) is 12.2. The lowest BCUT2D eigenvalue weighted by atomic mass is 10.2. The van der Waals surface area contributed by atoms with Crippen molar-refractivity contribution in [3.8, 4) is 0 Å². The fourth-order valence-corrected chi connectivity index (χ4v) is 2.77. The molecule has 1 aliphatic carbocycles. The topological polar surface area (TPSA) is 49.4 Å². The van der Waals surface area contributed by atoms with Crippen molar-refractivity contribution >= 4 is 35.0 Å². The Morgan fingerprint density at radius 2 is 2.00 bits per heavy atom. The maximum Gasteiger partial charge on any atom is 0.251 e. The Labute approximate surface area is 127 Å². The maximum absolute atomic E-state index is 12.1. The number of rotatable bonds is 3. The van der Waals surface area contributed by atoms with Crippen molar-refractivity contribution in [1.82, 2.24) is 10.2 Å². The number of halogens is 2. The van der Waals surface area contributed by atoms with E-state index in [2.05, 4.69) is 5.32 Å². The van der Waals surface area contributed by atoms with Gasteiger partial charge >= 0.3 is 0 Å². The van der Waals surface area contributed by atoms with Crippen LogP contribution in [0, 0.1) is 0 Å². The first-order valence-electron chi connectivity index (χ1n) is 6.60. The van der Waals surface area contributed by atoms with Crippen LogP contribution < -0.4 is 5.32 Å². The summed E-state index contributed by atoms with van der Waals surface area (Å²) in [5, 5.41) is 3.65. The second kappa shape index (κ2) is 5.26. The molecule has 1 aromatic carbocycles. The first-order valence-corrected chi connectivity index (χ1v) is 7.35. The number of carbonyl (C=O) groups excluding carboxylic acids is 2. The normalized spacial score (nSPS) is 22.2. The van der Waals surface area contributed by atoms with Gasteiger partial charge in [0.25, 0.3) is 5.91 Å². The highest BCUT2D eigenvalue weighted by Gasteiger charge is 2.39. The third-order valence-corrected chi connectivity index (χ3v) is 4.40. The van der Waals surface area contributed by atoms with Crippen LogP contribution in [-0.4, -0.2) is 35.3 Å². The molecule has 6 heteroatoms. The molecule has 1 saturated heterocycles. The van der Waals surface area contributed by atoms with Gasteiger partial charge in [-0.05, 0) is 31.0 Å². The summed E-state index contributed by atoms with van der Waals surface area (Å²) < 4.78 is 0. The van der Waals surface area contributed by atoms with Crippen LogP contribution >= 0.6 is 23.2 Å². The van der Waals surface area contributed by atoms with Crippen LogP contribution in [0.3, 0.4) is 0 Å². The Balaban J connectivity index is 1.64. The molecule has 0 spiro atoms. The molecule has 0 bridgehead atoms. The number of benzene rings is 1. The average molecular weight is 313 g/mol. The highest BCUT2D eigenvalue weighted by Crippen LogP contribution is 2.30. The second-order valence-electron chi connectivity index (χ2n) is 5.28. The Kier molecular flexibility index (Phi) is 3.61. The predicted octanol–water partition coefficient (Wildman–Crippen LogP) is 2.49. The number of hydrogen-bond acceptors (Lipinski definition) is 2. The Morgan fingerprint density at radius 3 is 2.65 bits per heavy atom. The van der Waals surface area contributed by atoms with Gasteiger partial charge in [0.05, 0.1) is 16.1 Å². The molecule has 2 amide bonds. The summed E-state index contributed by atoms with van der Waals surface area (Å²) in [6.07, 6.45) is 2.54. The molecule has 1 aliphatic heterocycles. The molecule has 0 radical (unpaired) electrons. The van der Waals surface area contributed by atoms with E-state index in [0.29, 0.717) is 34.6 Å². The van der Waals surface area contributed by atoms with Gasteiger partial charge in [0, 0.05) is 24.6 Å². The van der Waals surface area contributed by atoms with Gasteiger partial charge in [0.15, 0.2) is 0 Å². The first-order chi connectivity index (χ1) is 9.54. The summed E-state index contributed by atoms with van der Waals surface area (Å²) in [6.45, 7) is 0.608. The molecule has 20 heavy (non-hydrogen) atoms. The van der Waals surface area contributed by atoms with Gasteiger partial charge in [-0.2, -0.15) is 0 Å². The Hall–Kier alpha value is -1.26. The number of nitrogens with zero attached hydrogens (tertiary/aromatic N) is 1. The molecule has 2 fully saturated rings. The van der Waals surface area contributed by atoms with Crippen molar-refractivity contribution in [1.29, 1.82) is 0 Å². The van der Waals surface area contributed by atoms with Crippen molar-refractivity contribution in [2.24, 2.45) is 0 Å². The minimum atomic E-state index is -0.223. The fourth-order valence-electron chi connectivity index (χ4n) is 2.47. The first kappa shape index (κ1) is 13.7. The SMILES string of the molecule is O=C(NC1CC(=O)N(C2CC2)C1)c1ccc(Cl)c(Cl)c1. The third kappa shape index (κ3) is 2.76. The smallest absolute Gasteiger partial charge is 0.251 e. The van der Waals surface area contributed by atoms with Crippen LogP contribution in [0.2, 0.25) is 10.0 Å². The summed E-state index contributed by atoms with van der Waals surface area (Å²) in [6, 6.07) is 5.03. The number of likely N-dealkylation sites (tertiary alicyclic amines) is 1. The quantitative estimate of drug-likeness (QED) is 0.932. The van der Waals surface area contributed by atoms with Crippen LogP contribution in [0.5, 0.6) is 0 Å². The van der Waals surface area contributed by atoms with E-state index in [1.165, 1.54) is 6.07 Å². The minimum absolute atomic E-state index is 0.120. The molecule has 0 aromatic heterocycles. The minimum Gasteiger partial charge on any atom is -0.347 e. The van der Waals surface area contributed by atoms with Gasteiger partial charge in [-0.25, -0.2) is 0 Å². The van der Waals surface area contributed by atoms with Crippen LogP contribution in [0.25, 0.3) is 0 Å². The van der Waals surface area contributed by atoms with E-state index in [1.807, 2.05) is 4.90 Å². The van der Waals surface area contributed by atoms with Crippen LogP contribution in [-0.2, 0) is 4.79 Å². The lowest BCUT2D eigenvalue weighted by molar-refractivity contribution is -0.128. The highest BCUT2D eigenvalue weighted by atomic mass is 35.5. The van der Waals surface area contributed by atoms with Crippen molar-refractivity contribution in [3.05, 3.63) is 33.8 Å². The van der Waals surface area contributed by atoms with Gasteiger partial charge < -0.3 is 10.2 Å². The van der Waals surface area contributed by atoms with Gasteiger partial charge in [0.1, 0.15) is 0 Å². The summed E-state index contributed by atoms with van der Waals surface area (Å²) >= 11 is 11.7. The summed E-state index contributed by atoms with van der Waals surface area (Å²) in [4.78, 5) is 25.8. The van der Waals surface area contributed by atoms with E-state index in [-0.39, 0.29) is 17.9 Å². The fraction of sp³-hybridized carbons (Fsp3) is 0.429. The zero-order valence-electron chi connectivity index (χ0n) is 10.7. The van der Waals surface area contributed by atoms with Crippen LogP contribution in [0.15, 0.2) is 18.2 Å². The van der Waals surface area contributed by atoms with E-state index in [4.69, 9.17) is 23.2 Å². The number of hydrogen-bond donors (Lipinski definition) is 1. The molecule has 1 unspecified atom stereocenters. The largest absolute Gasteiger partial charge is 0.347 e. The number of carbonyl (C=O) groups is 2. The summed E-state index contributed by atoms with van der Waals surface area (Å²) in [5.41, 5.74) is 0.455. The lowest BCUT2D eigenvalue weighted by Gasteiger charge is -2.16. The standard InChI is InChI=1S/C14H14Cl2N2O2/c15-11-4-1-8(5-12(11)16)14(20)17-9-6-13(19)18(7-9)10-2-3-10/h1,4-5,9-10H,2-3,6-7H2,(H,17,20). The monoisotopic (exact) mass is 312 g/mol. The molecule has 1 N–H and O–H groups in total. The van der Waals surface area contributed by atoms with E-state index in [1.54, 1.807) is 12.1 Å². The van der Waals surface area contributed by atoms with Gasteiger partial charge in [0.2, 0.25) is 5.91 Å². The molecule has 2 aliphatic rings.